The molecule has 0 radical (unpaired) electrons. The average molecular weight is 329 g/mol. The number of hydrogen-bond donors (Lipinski definition) is 2. The van der Waals surface area contributed by atoms with Gasteiger partial charge in [0, 0.05) is 10.4 Å². The second kappa shape index (κ2) is 6.10. The summed E-state index contributed by atoms with van der Waals surface area (Å²) in [6.45, 7) is 1.53. The highest BCUT2D eigenvalue weighted by molar-refractivity contribution is 7.10. The van der Waals surface area contributed by atoms with Crippen LogP contribution in [0.3, 0.4) is 0 Å². The molecular weight excluding hydrogens is 315 g/mol. The lowest BCUT2D eigenvalue weighted by molar-refractivity contribution is -0.137. The molecule has 3 nitrogen and oxygen atoms in total. The van der Waals surface area contributed by atoms with E-state index in [9.17, 15) is 23.1 Å². The molecule has 22 heavy (non-hydrogen) atoms. The van der Waals surface area contributed by atoms with Gasteiger partial charge in [-0.15, -0.1) is 11.3 Å². The summed E-state index contributed by atoms with van der Waals surface area (Å²) >= 11 is 1.36. The van der Waals surface area contributed by atoms with Crippen molar-refractivity contribution in [3.8, 4) is 0 Å². The molecule has 0 aliphatic carbocycles. The SMILES string of the molecule is C[C@](O)(CNC(=O)c1ccc(C(F)(F)F)cc1)c1cccs1. The molecule has 2 rings (SSSR count). The van der Waals surface area contributed by atoms with E-state index in [0.717, 1.165) is 24.3 Å². The fourth-order valence-corrected chi connectivity index (χ4v) is 2.62. The molecule has 1 aromatic carbocycles. The number of nitrogens with one attached hydrogen (secondary N) is 1. The molecule has 7 heteroatoms. The molecule has 0 saturated carbocycles. The van der Waals surface area contributed by atoms with Gasteiger partial charge in [-0.3, -0.25) is 4.79 Å². The quantitative estimate of drug-likeness (QED) is 0.903. The summed E-state index contributed by atoms with van der Waals surface area (Å²) in [5.74, 6) is -0.537. The summed E-state index contributed by atoms with van der Waals surface area (Å²) in [5.41, 5.74) is -1.93. The Morgan fingerprint density at radius 1 is 1.23 bits per heavy atom. The highest BCUT2D eigenvalue weighted by atomic mass is 32.1. The predicted octanol–water partition coefficient (Wildman–Crippen LogP) is 3.40. The van der Waals surface area contributed by atoms with Gasteiger partial charge in [-0.05, 0) is 42.6 Å². The first-order valence-electron chi connectivity index (χ1n) is 6.42. The van der Waals surface area contributed by atoms with Gasteiger partial charge < -0.3 is 10.4 Å². The Balaban J connectivity index is 2.01. The van der Waals surface area contributed by atoms with Crippen LogP contribution in [0.5, 0.6) is 0 Å². The van der Waals surface area contributed by atoms with Crippen LogP contribution in [0.15, 0.2) is 41.8 Å². The average Bonchev–Trinajstić information content (AvgIpc) is 2.99. The van der Waals surface area contributed by atoms with Crippen molar-refractivity contribution in [2.45, 2.75) is 18.7 Å². The maximum Gasteiger partial charge on any atom is 0.416 e. The van der Waals surface area contributed by atoms with Crippen LogP contribution in [0.2, 0.25) is 0 Å². The number of benzene rings is 1. The number of rotatable bonds is 4. The van der Waals surface area contributed by atoms with Crippen molar-refractivity contribution >= 4 is 17.2 Å². The van der Waals surface area contributed by atoms with E-state index in [1.54, 1.807) is 19.1 Å². The number of hydrogen-bond acceptors (Lipinski definition) is 3. The largest absolute Gasteiger partial charge is 0.416 e. The van der Waals surface area contributed by atoms with Crippen LogP contribution in [0.4, 0.5) is 13.2 Å². The highest BCUT2D eigenvalue weighted by Gasteiger charge is 2.30. The molecule has 1 atom stereocenters. The van der Waals surface area contributed by atoms with Crippen LogP contribution in [0.25, 0.3) is 0 Å². The topological polar surface area (TPSA) is 49.3 Å². The lowest BCUT2D eigenvalue weighted by Gasteiger charge is -2.22. The summed E-state index contributed by atoms with van der Waals surface area (Å²) < 4.78 is 37.3. The van der Waals surface area contributed by atoms with E-state index in [4.69, 9.17) is 0 Å². The first-order valence-corrected chi connectivity index (χ1v) is 7.30. The second-order valence-corrected chi connectivity index (χ2v) is 5.96. The molecule has 0 aliphatic rings. The fourth-order valence-electron chi connectivity index (χ4n) is 1.84. The zero-order valence-corrected chi connectivity index (χ0v) is 12.5. The first-order chi connectivity index (χ1) is 10.2. The third kappa shape index (κ3) is 3.86. The van der Waals surface area contributed by atoms with Gasteiger partial charge in [0.1, 0.15) is 5.60 Å². The van der Waals surface area contributed by atoms with E-state index < -0.39 is 23.2 Å². The summed E-state index contributed by atoms with van der Waals surface area (Å²) in [7, 11) is 0. The molecule has 0 bridgehead atoms. The summed E-state index contributed by atoms with van der Waals surface area (Å²) in [6.07, 6.45) is -4.43. The number of alkyl halides is 3. The van der Waals surface area contributed by atoms with Crippen molar-refractivity contribution in [2.24, 2.45) is 0 Å². The zero-order chi connectivity index (χ0) is 16.4. The lowest BCUT2D eigenvalue weighted by atomic mass is 10.0. The van der Waals surface area contributed by atoms with Crippen LogP contribution < -0.4 is 5.32 Å². The minimum absolute atomic E-state index is 0.0344. The maximum atomic E-state index is 12.4. The number of halogens is 3. The van der Waals surface area contributed by atoms with Crippen LogP contribution in [0, 0.1) is 0 Å². The summed E-state index contributed by atoms with van der Waals surface area (Å²) in [4.78, 5) is 12.6. The van der Waals surface area contributed by atoms with Crippen molar-refractivity contribution in [3.63, 3.8) is 0 Å². The number of carbonyl (C=O) groups excluding carboxylic acids is 1. The molecule has 1 amide bonds. The molecule has 0 saturated heterocycles. The molecule has 1 aromatic heterocycles. The second-order valence-electron chi connectivity index (χ2n) is 5.01. The van der Waals surface area contributed by atoms with Crippen molar-refractivity contribution in [2.75, 3.05) is 6.54 Å². The molecular formula is C15H14F3NO2S. The Kier molecular flexibility index (Phi) is 4.58. The molecule has 0 fully saturated rings. The van der Waals surface area contributed by atoms with Gasteiger partial charge in [0.15, 0.2) is 0 Å². The van der Waals surface area contributed by atoms with Gasteiger partial charge in [-0.1, -0.05) is 6.07 Å². The van der Waals surface area contributed by atoms with Crippen molar-refractivity contribution in [3.05, 3.63) is 57.8 Å². The summed E-state index contributed by atoms with van der Waals surface area (Å²) in [5, 5.41) is 14.6. The molecule has 2 aromatic rings. The van der Waals surface area contributed by atoms with E-state index >= 15 is 0 Å². The number of amides is 1. The maximum absolute atomic E-state index is 12.4. The van der Waals surface area contributed by atoms with Crippen LogP contribution in [-0.2, 0) is 11.8 Å². The molecule has 0 unspecified atom stereocenters. The Morgan fingerprint density at radius 3 is 2.36 bits per heavy atom. The Hall–Kier alpha value is -1.86. The smallest absolute Gasteiger partial charge is 0.383 e. The Morgan fingerprint density at radius 2 is 1.86 bits per heavy atom. The van der Waals surface area contributed by atoms with E-state index in [0.29, 0.717) is 4.88 Å². The van der Waals surface area contributed by atoms with Gasteiger partial charge >= 0.3 is 6.18 Å². The third-order valence-electron chi connectivity index (χ3n) is 3.12. The normalized spacial score (nSPS) is 14.4. The Labute approximate surface area is 129 Å². The molecule has 1 heterocycles. The molecule has 118 valence electrons. The van der Waals surface area contributed by atoms with Gasteiger partial charge in [0.05, 0.1) is 12.1 Å². The van der Waals surface area contributed by atoms with E-state index in [2.05, 4.69) is 5.32 Å². The molecule has 2 N–H and O–H groups in total. The Bertz CT molecular complexity index is 634. The van der Waals surface area contributed by atoms with Crippen LogP contribution in [-0.4, -0.2) is 17.6 Å². The van der Waals surface area contributed by atoms with Crippen molar-refractivity contribution in [1.82, 2.24) is 5.32 Å². The van der Waals surface area contributed by atoms with Gasteiger partial charge in [-0.25, -0.2) is 0 Å². The van der Waals surface area contributed by atoms with Crippen LogP contribution in [0.1, 0.15) is 27.7 Å². The third-order valence-corrected chi connectivity index (χ3v) is 4.24. The zero-order valence-electron chi connectivity index (χ0n) is 11.6. The minimum atomic E-state index is -4.43. The number of thiophene rings is 1. The highest BCUT2D eigenvalue weighted by Crippen LogP contribution is 2.29. The van der Waals surface area contributed by atoms with Gasteiger partial charge in [0.2, 0.25) is 0 Å². The van der Waals surface area contributed by atoms with Crippen molar-refractivity contribution in [1.29, 1.82) is 0 Å². The van der Waals surface area contributed by atoms with E-state index in [-0.39, 0.29) is 12.1 Å². The van der Waals surface area contributed by atoms with E-state index in [1.807, 2.05) is 5.38 Å². The number of carbonyl (C=O) groups is 1. The number of aliphatic hydroxyl groups is 1. The monoisotopic (exact) mass is 329 g/mol. The van der Waals surface area contributed by atoms with Gasteiger partial charge in [-0.2, -0.15) is 13.2 Å². The minimum Gasteiger partial charge on any atom is -0.383 e. The van der Waals surface area contributed by atoms with E-state index in [1.165, 1.54) is 11.3 Å². The van der Waals surface area contributed by atoms with Crippen molar-refractivity contribution < 1.29 is 23.1 Å². The van der Waals surface area contributed by atoms with Crippen LogP contribution >= 0.6 is 11.3 Å². The summed E-state index contributed by atoms with van der Waals surface area (Å²) in [6, 6.07) is 7.45. The first kappa shape index (κ1) is 16.5. The molecule has 0 spiro atoms. The predicted molar refractivity (Wildman–Crippen MR) is 77.7 cm³/mol. The van der Waals surface area contributed by atoms with Gasteiger partial charge in [0.25, 0.3) is 5.91 Å². The molecule has 0 aliphatic heterocycles. The fraction of sp³-hybridized carbons (Fsp3) is 0.267. The lowest BCUT2D eigenvalue weighted by Crippen LogP contribution is -2.38. The standard InChI is InChI=1S/C15H14F3NO2S/c1-14(21,12-3-2-8-22-12)9-19-13(20)10-4-6-11(7-5-10)15(16,17)18/h2-8,21H,9H2,1H3,(H,19,20)/t14-/m0/s1.